The lowest BCUT2D eigenvalue weighted by molar-refractivity contribution is -0.132. The lowest BCUT2D eigenvalue weighted by Crippen LogP contribution is -2.44. The van der Waals surface area contributed by atoms with Crippen LogP contribution in [-0.4, -0.2) is 35.0 Å². The summed E-state index contributed by atoms with van der Waals surface area (Å²) in [6.07, 6.45) is 6.99. The van der Waals surface area contributed by atoms with E-state index in [1.54, 1.807) is 17.3 Å². The van der Waals surface area contributed by atoms with Crippen LogP contribution in [0.3, 0.4) is 0 Å². The minimum atomic E-state index is -0.714. The zero-order chi connectivity index (χ0) is 20.9. The van der Waals surface area contributed by atoms with Crippen LogP contribution in [0.1, 0.15) is 30.9 Å². The zero-order valence-electron chi connectivity index (χ0n) is 17.1. The number of rotatable bonds is 5. The average molecular weight is 403 g/mol. The fraction of sp³-hybridized carbons (Fsp3) is 0.375. The Morgan fingerprint density at radius 1 is 1.30 bits per heavy atom. The maximum Gasteiger partial charge on any atom is 0.234 e. The van der Waals surface area contributed by atoms with Gasteiger partial charge in [-0.05, 0) is 35.2 Å². The fourth-order valence-electron chi connectivity index (χ4n) is 4.87. The molecule has 30 heavy (non-hydrogen) atoms. The summed E-state index contributed by atoms with van der Waals surface area (Å²) in [4.78, 5) is 32.3. The van der Waals surface area contributed by atoms with E-state index in [2.05, 4.69) is 36.3 Å². The number of nitrogens with one attached hydrogen (secondary N) is 1. The van der Waals surface area contributed by atoms with Crippen molar-refractivity contribution in [3.8, 4) is 0 Å². The van der Waals surface area contributed by atoms with E-state index < -0.39 is 17.4 Å². The van der Waals surface area contributed by atoms with Crippen LogP contribution < -0.4 is 10.2 Å². The monoisotopic (exact) mass is 403 g/mol. The van der Waals surface area contributed by atoms with Crippen molar-refractivity contribution in [1.29, 1.82) is 0 Å². The van der Waals surface area contributed by atoms with E-state index in [1.165, 1.54) is 5.56 Å². The smallest absolute Gasteiger partial charge is 0.234 e. The third kappa shape index (κ3) is 2.94. The molecule has 3 aliphatic heterocycles. The van der Waals surface area contributed by atoms with E-state index in [9.17, 15) is 9.59 Å². The van der Waals surface area contributed by atoms with E-state index in [1.807, 2.05) is 36.4 Å². The average Bonchev–Trinajstić information content (AvgIpc) is 3.41. The Bertz CT molecular complexity index is 1000. The number of fused-ring (bicyclic) bond motifs is 1. The molecule has 0 unspecified atom stereocenters. The molecule has 0 saturated carbocycles. The molecule has 0 aliphatic carbocycles. The maximum atomic E-state index is 13.4. The van der Waals surface area contributed by atoms with Gasteiger partial charge in [-0.1, -0.05) is 44.2 Å². The summed E-state index contributed by atoms with van der Waals surface area (Å²) < 4.78 is 6.21. The molecule has 1 aromatic carbocycles. The molecule has 3 aliphatic rings. The first-order valence-electron chi connectivity index (χ1n) is 10.4. The molecule has 2 saturated heterocycles. The van der Waals surface area contributed by atoms with Gasteiger partial charge in [0.1, 0.15) is 5.60 Å². The molecule has 1 aromatic heterocycles. The number of benzene rings is 1. The largest absolute Gasteiger partial charge is 0.360 e. The number of hydrogen-bond acceptors (Lipinski definition) is 4. The van der Waals surface area contributed by atoms with Gasteiger partial charge in [-0.15, -0.1) is 0 Å². The molecule has 1 N–H and O–H groups in total. The van der Waals surface area contributed by atoms with E-state index in [0.29, 0.717) is 19.0 Å². The van der Waals surface area contributed by atoms with Gasteiger partial charge < -0.3 is 15.0 Å². The Labute approximate surface area is 175 Å². The molecule has 2 amide bonds. The van der Waals surface area contributed by atoms with Gasteiger partial charge in [-0.3, -0.25) is 14.6 Å². The number of ether oxygens (including phenoxy) is 1. The van der Waals surface area contributed by atoms with Crippen molar-refractivity contribution in [2.45, 2.75) is 38.0 Å². The molecule has 6 heteroatoms. The summed E-state index contributed by atoms with van der Waals surface area (Å²) >= 11 is 0. The number of aromatic nitrogens is 1. The molecule has 1 spiro atoms. The summed E-state index contributed by atoms with van der Waals surface area (Å²) in [5.41, 5.74) is 2.29. The van der Waals surface area contributed by atoms with Crippen LogP contribution in [0.4, 0.5) is 5.69 Å². The lowest BCUT2D eigenvalue weighted by atomic mass is 9.77. The number of amides is 2. The molecule has 4 atom stereocenters. The Morgan fingerprint density at radius 3 is 2.80 bits per heavy atom. The summed E-state index contributed by atoms with van der Waals surface area (Å²) in [6, 6.07) is 11.8. The van der Waals surface area contributed by atoms with E-state index >= 15 is 0 Å². The van der Waals surface area contributed by atoms with E-state index in [-0.39, 0.29) is 17.9 Å². The molecule has 2 bridgehead atoms. The van der Waals surface area contributed by atoms with Crippen LogP contribution in [0, 0.1) is 11.8 Å². The van der Waals surface area contributed by atoms with Crippen molar-refractivity contribution in [3.63, 3.8) is 0 Å². The van der Waals surface area contributed by atoms with Gasteiger partial charge in [0, 0.05) is 24.6 Å². The fourth-order valence-corrected chi connectivity index (χ4v) is 4.87. The maximum absolute atomic E-state index is 13.4. The molecular weight excluding hydrogens is 378 g/mol. The number of carbonyl (C=O) groups excluding carboxylic acids is 2. The highest BCUT2D eigenvalue weighted by Crippen LogP contribution is 2.52. The minimum absolute atomic E-state index is 0.0410. The molecule has 4 heterocycles. The van der Waals surface area contributed by atoms with Gasteiger partial charge in [-0.25, -0.2) is 0 Å². The van der Waals surface area contributed by atoms with E-state index in [4.69, 9.17) is 4.74 Å². The first kappa shape index (κ1) is 19.0. The molecule has 6 nitrogen and oxygen atoms in total. The SMILES string of the molecule is CC(C)c1ccc(N2C[C@@]34C=C[C@@H](O3)[C@H](C(=O)NCc3cccnc3)[C@H]4C2=O)cc1. The standard InChI is InChI=1S/C24H25N3O3/c1-15(2)17-5-7-18(8-6-17)27-14-24-10-9-19(30-24)20(21(24)23(27)29)22(28)26-13-16-4-3-11-25-12-16/h3-12,15,19-21H,13-14H2,1-2H3,(H,26,28)/t19-,20+,21+,24-/m1/s1. The minimum Gasteiger partial charge on any atom is -0.360 e. The molecule has 154 valence electrons. The molecule has 2 aromatic rings. The van der Waals surface area contributed by atoms with Crippen LogP contribution >= 0.6 is 0 Å². The van der Waals surface area contributed by atoms with Crippen molar-refractivity contribution < 1.29 is 14.3 Å². The first-order valence-corrected chi connectivity index (χ1v) is 10.4. The topological polar surface area (TPSA) is 71.5 Å². The van der Waals surface area contributed by atoms with Crippen molar-refractivity contribution in [2.75, 3.05) is 11.4 Å². The van der Waals surface area contributed by atoms with Crippen LogP contribution in [0.5, 0.6) is 0 Å². The molecule has 5 rings (SSSR count). The lowest BCUT2D eigenvalue weighted by Gasteiger charge is -2.23. The molecule has 0 radical (unpaired) electrons. The second kappa shape index (κ2) is 7.06. The number of nitrogens with zero attached hydrogens (tertiary/aromatic N) is 2. The van der Waals surface area contributed by atoms with Crippen molar-refractivity contribution in [2.24, 2.45) is 11.8 Å². The van der Waals surface area contributed by atoms with Gasteiger partial charge in [0.2, 0.25) is 11.8 Å². The van der Waals surface area contributed by atoms with Crippen molar-refractivity contribution in [1.82, 2.24) is 10.3 Å². The van der Waals surface area contributed by atoms with Gasteiger partial charge in [0.15, 0.2) is 0 Å². The Kier molecular flexibility index (Phi) is 4.47. The van der Waals surface area contributed by atoms with Gasteiger partial charge in [0.05, 0.1) is 24.5 Å². The zero-order valence-corrected chi connectivity index (χ0v) is 17.1. The van der Waals surface area contributed by atoms with Gasteiger partial charge >= 0.3 is 0 Å². The first-order chi connectivity index (χ1) is 14.5. The van der Waals surface area contributed by atoms with Crippen LogP contribution in [0.15, 0.2) is 60.9 Å². The Balaban J connectivity index is 1.36. The van der Waals surface area contributed by atoms with Crippen LogP contribution in [0.25, 0.3) is 0 Å². The van der Waals surface area contributed by atoms with Crippen LogP contribution in [-0.2, 0) is 20.9 Å². The number of hydrogen-bond donors (Lipinski definition) is 1. The van der Waals surface area contributed by atoms with Gasteiger partial charge in [0.25, 0.3) is 0 Å². The Morgan fingerprint density at radius 2 is 2.10 bits per heavy atom. The predicted molar refractivity (Wildman–Crippen MR) is 113 cm³/mol. The third-order valence-electron chi connectivity index (χ3n) is 6.46. The van der Waals surface area contributed by atoms with Gasteiger partial charge in [-0.2, -0.15) is 0 Å². The van der Waals surface area contributed by atoms with Crippen molar-refractivity contribution in [3.05, 3.63) is 72.1 Å². The predicted octanol–water partition coefficient (Wildman–Crippen LogP) is 2.81. The summed E-state index contributed by atoms with van der Waals surface area (Å²) in [7, 11) is 0. The molecule has 2 fully saturated rings. The highest BCUT2D eigenvalue weighted by atomic mass is 16.5. The normalized spacial score (nSPS) is 29.0. The Hall–Kier alpha value is -2.99. The quantitative estimate of drug-likeness (QED) is 0.780. The summed E-state index contributed by atoms with van der Waals surface area (Å²) in [5.74, 6) is -0.766. The summed E-state index contributed by atoms with van der Waals surface area (Å²) in [5, 5.41) is 2.97. The number of anilines is 1. The highest BCUT2D eigenvalue weighted by Gasteiger charge is 2.67. The third-order valence-corrected chi connectivity index (χ3v) is 6.46. The summed E-state index contributed by atoms with van der Waals surface area (Å²) in [6.45, 7) is 5.11. The second-order valence-corrected chi connectivity index (χ2v) is 8.65. The number of pyridine rings is 1. The van der Waals surface area contributed by atoms with Crippen LogP contribution in [0.2, 0.25) is 0 Å². The van der Waals surface area contributed by atoms with Crippen molar-refractivity contribution >= 4 is 17.5 Å². The second-order valence-electron chi connectivity index (χ2n) is 8.65. The molecular formula is C24H25N3O3. The highest BCUT2D eigenvalue weighted by molar-refractivity contribution is 6.03. The van der Waals surface area contributed by atoms with E-state index in [0.717, 1.165) is 11.3 Å². The number of carbonyl (C=O) groups is 2.